The molecule has 2 atom stereocenters. The van der Waals surface area contributed by atoms with E-state index in [-0.39, 0.29) is 18.6 Å². The van der Waals surface area contributed by atoms with E-state index in [1.807, 2.05) is 36.4 Å². The number of rotatable bonds is 3. The molecule has 1 fully saturated rings. The van der Waals surface area contributed by atoms with E-state index in [0.29, 0.717) is 5.92 Å². The maximum absolute atomic E-state index is 12.2. The van der Waals surface area contributed by atoms with E-state index < -0.39 is 0 Å². The van der Waals surface area contributed by atoms with Gasteiger partial charge >= 0.3 is 0 Å². The standard InChI is InChI=1S/C16H21NO2/c1-13-6-5-11-17(15(13)12-18)16(19)10-9-14-7-3-2-4-8-14/h2-4,7-10,13,15,18H,5-6,11-12H2,1H3/b10-9+. The molecule has 1 heterocycles. The molecule has 3 nitrogen and oxygen atoms in total. The normalized spacial score (nSPS) is 23.8. The van der Waals surface area contributed by atoms with E-state index in [1.165, 1.54) is 0 Å². The van der Waals surface area contributed by atoms with Crippen LogP contribution in [0.1, 0.15) is 25.3 Å². The van der Waals surface area contributed by atoms with Crippen LogP contribution in [0.15, 0.2) is 36.4 Å². The molecule has 0 aromatic heterocycles. The molecule has 2 rings (SSSR count). The molecule has 0 radical (unpaired) electrons. The molecule has 0 bridgehead atoms. The molecule has 19 heavy (non-hydrogen) atoms. The second kappa shape index (κ2) is 6.53. The SMILES string of the molecule is CC1CCCN(C(=O)/C=C/c2ccccc2)C1CO. The first-order chi connectivity index (χ1) is 9.22. The average molecular weight is 259 g/mol. The van der Waals surface area contributed by atoms with Crippen molar-refractivity contribution in [3.8, 4) is 0 Å². The third-order valence-corrected chi connectivity index (χ3v) is 3.80. The van der Waals surface area contributed by atoms with Crippen LogP contribution in [0.4, 0.5) is 0 Å². The minimum atomic E-state index is -0.0401. The van der Waals surface area contributed by atoms with Gasteiger partial charge in [0.15, 0.2) is 0 Å². The highest BCUT2D eigenvalue weighted by Crippen LogP contribution is 2.23. The maximum Gasteiger partial charge on any atom is 0.246 e. The Morgan fingerprint density at radius 1 is 1.42 bits per heavy atom. The molecule has 3 heteroatoms. The summed E-state index contributed by atoms with van der Waals surface area (Å²) in [5, 5.41) is 9.45. The van der Waals surface area contributed by atoms with Gasteiger partial charge in [0.1, 0.15) is 0 Å². The van der Waals surface area contributed by atoms with Crippen molar-refractivity contribution in [3.05, 3.63) is 42.0 Å². The third kappa shape index (κ3) is 3.44. The quantitative estimate of drug-likeness (QED) is 0.846. The predicted molar refractivity (Wildman–Crippen MR) is 76.5 cm³/mol. The van der Waals surface area contributed by atoms with Gasteiger partial charge < -0.3 is 10.0 Å². The Morgan fingerprint density at radius 2 is 2.16 bits per heavy atom. The van der Waals surface area contributed by atoms with Gasteiger partial charge in [-0.25, -0.2) is 0 Å². The van der Waals surface area contributed by atoms with Crippen LogP contribution < -0.4 is 0 Å². The number of aliphatic hydroxyl groups excluding tert-OH is 1. The smallest absolute Gasteiger partial charge is 0.246 e. The van der Waals surface area contributed by atoms with Crippen LogP contribution in [0.25, 0.3) is 6.08 Å². The van der Waals surface area contributed by atoms with Gasteiger partial charge in [-0.15, -0.1) is 0 Å². The fourth-order valence-electron chi connectivity index (χ4n) is 2.63. The molecule has 0 spiro atoms. The Hall–Kier alpha value is -1.61. The largest absolute Gasteiger partial charge is 0.394 e. The number of benzene rings is 1. The number of likely N-dealkylation sites (tertiary alicyclic amines) is 1. The summed E-state index contributed by atoms with van der Waals surface area (Å²) in [6, 6.07) is 9.74. The summed E-state index contributed by atoms with van der Waals surface area (Å²) < 4.78 is 0. The first kappa shape index (κ1) is 13.8. The molecule has 1 aliphatic rings. The summed E-state index contributed by atoms with van der Waals surface area (Å²) in [6.45, 7) is 2.89. The fraction of sp³-hybridized carbons (Fsp3) is 0.438. The second-order valence-corrected chi connectivity index (χ2v) is 5.15. The molecule has 102 valence electrons. The number of amides is 1. The third-order valence-electron chi connectivity index (χ3n) is 3.80. The lowest BCUT2D eigenvalue weighted by molar-refractivity contribution is -0.132. The zero-order valence-corrected chi connectivity index (χ0v) is 11.3. The van der Waals surface area contributed by atoms with Crippen molar-refractivity contribution < 1.29 is 9.90 Å². The summed E-state index contributed by atoms with van der Waals surface area (Å²) in [7, 11) is 0. The zero-order valence-electron chi connectivity index (χ0n) is 11.3. The van der Waals surface area contributed by atoms with Crippen LogP contribution in [0.3, 0.4) is 0 Å². The Balaban J connectivity index is 2.04. The van der Waals surface area contributed by atoms with E-state index in [2.05, 4.69) is 6.92 Å². The summed E-state index contributed by atoms with van der Waals surface area (Å²) in [6.07, 6.45) is 5.53. The first-order valence-electron chi connectivity index (χ1n) is 6.87. The number of hydrogen-bond acceptors (Lipinski definition) is 2. The summed E-state index contributed by atoms with van der Waals surface area (Å²) in [4.78, 5) is 14.0. The van der Waals surface area contributed by atoms with Crippen molar-refractivity contribution >= 4 is 12.0 Å². The Kier molecular flexibility index (Phi) is 4.74. The number of nitrogens with zero attached hydrogens (tertiary/aromatic N) is 1. The summed E-state index contributed by atoms with van der Waals surface area (Å²) in [5.74, 6) is 0.363. The highest BCUT2D eigenvalue weighted by atomic mass is 16.3. The Bertz CT molecular complexity index is 441. The highest BCUT2D eigenvalue weighted by Gasteiger charge is 2.29. The second-order valence-electron chi connectivity index (χ2n) is 5.15. The van der Waals surface area contributed by atoms with Crippen molar-refractivity contribution in [2.75, 3.05) is 13.2 Å². The van der Waals surface area contributed by atoms with Crippen molar-refractivity contribution in [2.45, 2.75) is 25.8 Å². The summed E-state index contributed by atoms with van der Waals surface area (Å²) in [5.41, 5.74) is 1.02. The molecule has 1 aromatic carbocycles. The van der Waals surface area contributed by atoms with Gasteiger partial charge in [-0.3, -0.25) is 4.79 Å². The molecular weight excluding hydrogens is 238 g/mol. The van der Waals surface area contributed by atoms with Gasteiger partial charge in [0, 0.05) is 12.6 Å². The van der Waals surface area contributed by atoms with Crippen LogP contribution in [0.5, 0.6) is 0 Å². The topological polar surface area (TPSA) is 40.5 Å². The van der Waals surface area contributed by atoms with E-state index in [1.54, 1.807) is 11.0 Å². The fourth-order valence-corrected chi connectivity index (χ4v) is 2.63. The van der Waals surface area contributed by atoms with E-state index in [9.17, 15) is 9.90 Å². The van der Waals surface area contributed by atoms with Gasteiger partial charge in [0.2, 0.25) is 5.91 Å². The maximum atomic E-state index is 12.2. The molecule has 1 amide bonds. The molecule has 1 aliphatic heterocycles. The highest BCUT2D eigenvalue weighted by molar-refractivity contribution is 5.92. The monoisotopic (exact) mass is 259 g/mol. The lowest BCUT2D eigenvalue weighted by Gasteiger charge is -2.38. The van der Waals surface area contributed by atoms with Gasteiger partial charge in [-0.05, 0) is 30.4 Å². The van der Waals surface area contributed by atoms with Gasteiger partial charge in [-0.2, -0.15) is 0 Å². The lowest BCUT2D eigenvalue weighted by atomic mass is 9.91. The van der Waals surface area contributed by atoms with Crippen LogP contribution >= 0.6 is 0 Å². The minimum absolute atomic E-state index is 0.00514. The van der Waals surface area contributed by atoms with Crippen LogP contribution in [0.2, 0.25) is 0 Å². The van der Waals surface area contributed by atoms with Gasteiger partial charge in [-0.1, -0.05) is 37.3 Å². The van der Waals surface area contributed by atoms with Crippen LogP contribution in [-0.4, -0.2) is 35.1 Å². The van der Waals surface area contributed by atoms with E-state index in [0.717, 1.165) is 24.9 Å². The lowest BCUT2D eigenvalue weighted by Crippen LogP contribution is -2.49. The van der Waals surface area contributed by atoms with Crippen molar-refractivity contribution in [1.82, 2.24) is 4.90 Å². The molecule has 0 saturated carbocycles. The van der Waals surface area contributed by atoms with Crippen molar-refractivity contribution in [2.24, 2.45) is 5.92 Å². The Morgan fingerprint density at radius 3 is 2.84 bits per heavy atom. The zero-order chi connectivity index (χ0) is 13.7. The number of aliphatic hydroxyl groups is 1. The first-order valence-corrected chi connectivity index (χ1v) is 6.87. The van der Waals surface area contributed by atoms with Crippen molar-refractivity contribution in [1.29, 1.82) is 0 Å². The molecule has 1 saturated heterocycles. The number of carbonyl (C=O) groups is 1. The Labute approximate surface area is 114 Å². The van der Waals surface area contributed by atoms with E-state index >= 15 is 0 Å². The number of hydrogen-bond donors (Lipinski definition) is 1. The number of carbonyl (C=O) groups excluding carboxylic acids is 1. The molecule has 2 unspecified atom stereocenters. The number of piperidine rings is 1. The van der Waals surface area contributed by atoms with Gasteiger partial charge in [0.05, 0.1) is 12.6 Å². The van der Waals surface area contributed by atoms with Gasteiger partial charge in [0.25, 0.3) is 0 Å². The van der Waals surface area contributed by atoms with Crippen molar-refractivity contribution in [3.63, 3.8) is 0 Å². The summed E-state index contributed by atoms with van der Waals surface area (Å²) >= 11 is 0. The minimum Gasteiger partial charge on any atom is -0.394 e. The average Bonchev–Trinajstić information content (AvgIpc) is 2.45. The molecule has 1 aromatic rings. The molecular formula is C16H21NO2. The molecule has 0 aliphatic carbocycles. The predicted octanol–water partition coefficient (Wildman–Crippen LogP) is 2.32. The van der Waals surface area contributed by atoms with Crippen LogP contribution in [-0.2, 0) is 4.79 Å². The van der Waals surface area contributed by atoms with Crippen LogP contribution in [0, 0.1) is 5.92 Å². The molecule has 1 N–H and O–H groups in total. The van der Waals surface area contributed by atoms with E-state index in [4.69, 9.17) is 0 Å².